The van der Waals surface area contributed by atoms with Crippen molar-refractivity contribution in [3.63, 3.8) is 0 Å². The number of pyridine rings is 2. The van der Waals surface area contributed by atoms with E-state index in [9.17, 15) is 31.1 Å². The molecule has 0 radical (unpaired) electrons. The third-order valence-electron chi connectivity index (χ3n) is 12.9. The molecule has 7 heterocycles. The Morgan fingerprint density at radius 2 is 1.15 bits per heavy atom. The summed E-state index contributed by atoms with van der Waals surface area (Å²) in [6, 6.07) is 28.6. The van der Waals surface area contributed by atoms with Gasteiger partial charge in [0.2, 0.25) is 0 Å². The average molecular weight is 973 g/mol. The molecule has 71 heavy (non-hydrogen) atoms. The third-order valence-corrected chi connectivity index (χ3v) is 12.9. The number of aliphatic imine (C=N–C) groups is 2. The molecule has 4 aliphatic rings. The summed E-state index contributed by atoms with van der Waals surface area (Å²) >= 11 is 0. The van der Waals surface area contributed by atoms with Gasteiger partial charge in [-0.2, -0.15) is 26.3 Å². The van der Waals surface area contributed by atoms with Crippen molar-refractivity contribution in [3.05, 3.63) is 149 Å². The van der Waals surface area contributed by atoms with Crippen molar-refractivity contribution in [2.24, 2.45) is 9.98 Å². The lowest BCUT2D eigenvalue weighted by Gasteiger charge is -2.34. The normalized spacial score (nSPS) is 16.1. The summed E-state index contributed by atoms with van der Waals surface area (Å²) in [5.41, 5.74) is 21.9. The van der Waals surface area contributed by atoms with Crippen molar-refractivity contribution in [2.45, 2.75) is 25.2 Å². The van der Waals surface area contributed by atoms with E-state index in [1.807, 2.05) is 36.4 Å². The molecule has 0 aliphatic carbocycles. The number of carbonyl (C=O) groups excluding carboxylic acids is 1. The van der Waals surface area contributed by atoms with Crippen molar-refractivity contribution in [2.75, 3.05) is 87.7 Å². The van der Waals surface area contributed by atoms with Gasteiger partial charge < -0.3 is 36.1 Å². The van der Waals surface area contributed by atoms with Crippen LogP contribution in [0.3, 0.4) is 0 Å². The highest BCUT2D eigenvalue weighted by molar-refractivity contribution is 6.09. The maximum absolute atomic E-state index is 13.5. The summed E-state index contributed by atoms with van der Waals surface area (Å²) in [5, 5.41) is 0. The average Bonchev–Trinajstić information content (AvgIpc) is 4.12. The first-order valence-electron chi connectivity index (χ1n) is 22.9. The number of rotatable bonds is 6. The molecule has 0 bridgehead atoms. The highest BCUT2D eigenvalue weighted by Gasteiger charge is 2.36. The minimum atomic E-state index is -4.51. The Bertz CT molecular complexity index is 3150. The number of fused-ring (bicyclic) bond motifs is 3. The van der Waals surface area contributed by atoms with Crippen LogP contribution in [0, 0.1) is 0 Å². The zero-order valence-electron chi connectivity index (χ0n) is 38.9. The number of H-pyrrole nitrogens is 1. The van der Waals surface area contributed by atoms with E-state index in [0.29, 0.717) is 29.2 Å². The number of likely N-dealkylation sites (N-methyl/N-ethyl adjacent to an activating group) is 2. The molecule has 0 atom stereocenters. The van der Waals surface area contributed by atoms with E-state index in [-0.39, 0.29) is 12.0 Å². The quantitative estimate of drug-likeness (QED) is 0.0833. The fraction of sp³-hybridized carbons (Fsp3) is 0.269. The standard InChI is InChI=1S/C27H24F3N5.C18H22N6.C7H4F3NO/c1-34-9-11-35(12-10-34)20-5-7-23-19(14-20)15-24(32-23)17-4-6-22-18(13-17)16-25(33-22)26-21(27(28,29)30)3-2-8-31-26;1-23-6-8-24(9-7-23)13-3-5-16-17(11-13)22-18(21-16)12-2-4-14(19)15(20)10-12;8-7(9,10)5-2-1-3-11-6(5)4-12/h2-8,13-14H,9-12,15-16H2,1H3;2-5,10-11H,6-9,19-20H2,1H3,(H,21,22);1-4H. The second-order valence-electron chi connectivity index (χ2n) is 17.8. The predicted octanol–water partition coefficient (Wildman–Crippen LogP) is 9.27. The lowest BCUT2D eigenvalue weighted by Crippen LogP contribution is -2.44. The maximum Gasteiger partial charge on any atom is 0.418 e. The monoisotopic (exact) mass is 972 g/mol. The minimum Gasteiger partial charge on any atom is -0.397 e. The number of aromatic nitrogens is 4. The summed E-state index contributed by atoms with van der Waals surface area (Å²) in [7, 11) is 4.32. The van der Waals surface area contributed by atoms with Crippen LogP contribution < -0.4 is 21.3 Å². The van der Waals surface area contributed by atoms with Crippen molar-refractivity contribution < 1.29 is 31.1 Å². The number of hydrogen-bond donors (Lipinski definition) is 3. The molecule has 13 nitrogen and oxygen atoms in total. The van der Waals surface area contributed by atoms with E-state index in [1.54, 1.807) is 0 Å². The topological polar surface area (TPSA) is 161 Å². The highest BCUT2D eigenvalue weighted by atomic mass is 19.4. The molecule has 4 aromatic carbocycles. The molecule has 11 rings (SSSR count). The molecular weight excluding hydrogens is 923 g/mol. The Hall–Kier alpha value is -7.64. The van der Waals surface area contributed by atoms with Gasteiger partial charge in [0.15, 0.2) is 6.29 Å². The van der Waals surface area contributed by atoms with E-state index >= 15 is 0 Å². The van der Waals surface area contributed by atoms with E-state index in [2.05, 4.69) is 95.0 Å². The molecular formula is C52H50F6N12O. The highest BCUT2D eigenvalue weighted by Crippen LogP contribution is 2.38. The summed E-state index contributed by atoms with van der Waals surface area (Å²) in [6.07, 6.45) is -5.33. The Balaban J connectivity index is 0.000000149. The summed E-state index contributed by atoms with van der Waals surface area (Å²) in [6.45, 7) is 8.44. The van der Waals surface area contributed by atoms with Gasteiger partial charge in [-0.15, -0.1) is 0 Å². The number of nitrogens with one attached hydrogen (secondary N) is 1. The van der Waals surface area contributed by atoms with Crippen molar-refractivity contribution in [3.8, 4) is 11.4 Å². The number of aromatic amines is 1. The van der Waals surface area contributed by atoms with Crippen LogP contribution in [0.2, 0.25) is 0 Å². The van der Waals surface area contributed by atoms with Gasteiger partial charge in [0.1, 0.15) is 11.5 Å². The van der Waals surface area contributed by atoms with Gasteiger partial charge in [0.25, 0.3) is 0 Å². The van der Waals surface area contributed by atoms with Gasteiger partial charge in [-0.05, 0) is 122 Å². The number of imidazole rings is 1. The van der Waals surface area contributed by atoms with Crippen molar-refractivity contribution in [1.82, 2.24) is 29.7 Å². The number of nitrogens with two attached hydrogens (primary N) is 2. The molecule has 4 aliphatic heterocycles. The molecule has 5 N–H and O–H groups in total. The van der Waals surface area contributed by atoms with Crippen LogP contribution in [-0.2, 0) is 25.2 Å². The second-order valence-corrected chi connectivity index (χ2v) is 17.8. The second kappa shape index (κ2) is 20.0. The molecule has 0 spiro atoms. The molecule has 3 aromatic heterocycles. The van der Waals surface area contributed by atoms with Crippen molar-refractivity contribution in [1.29, 1.82) is 0 Å². The van der Waals surface area contributed by atoms with Crippen molar-refractivity contribution >= 4 is 62.9 Å². The zero-order chi connectivity index (χ0) is 50.0. The van der Waals surface area contributed by atoms with Gasteiger partial charge in [0, 0.05) is 94.5 Å². The van der Waals surface area contributed by atoms with Crippen LogP contribution in [0.5, 0.6) is 0 Å². The van der Waals surface area contributed by atoms with E-state index in [1.165, 1.54) is 29.2 Å². The molecule has 0 saturated carbocycles. The van der Waals surface area contributed by atoms with Gasteiger partial charge in [0.05, 0.1) is 62.0 Å². The number of hydrogen-bond acceptors (Lipinski definition) is 12. The first-order chi connectivity index (χ1) is 34.0. The van der Waals surface area contributed by atoms with Crippen LogP contribution in [0.1, 0.15) is 44.0 Å². The lowest BCUT2D eigenvalue weighted by molar-refractivity contribution is -0.138. The number of alkyl halides is 6. The Morgan fingerprint density at radius 3 is 1.79 bits per heavy atom. The van der Waals surface area contributed by atoms with Crippen LogP contribution in [0.15, 0.2) is 119 Å². The lowest BCUT2D eigenvalue weighted by atomic mass is 9.99. The number of benzene rings is 4. The Kier molecular flexibility index (Phi) is 13.6. The minimum absolute atomic E-state index is 0.0861. The number of nitrogen functional groups attached to an aromatic ring is 2. The third kappa shape index (κ3) is 10.9. The van der Waals surface area contributed by atoms with E-state index < -0.39 is 29.2 Å². The van der Waals surface area contributed by atoms with Crippen LogP contribution in [-0.4, -0.2) is 114 Å². The molecule has 0 unspecified atom stereocenters. The van der Waals surface area contributed by atoms with Crippen LogP contribution in [0.4, 0.5) is 60.5 Å². The van der Waals surface area contributed by atoms with E-state index in [4.69, 9.17) is 16.5 Å². The molecule has 2 fully saturated rings. The molecule has 19 heteroatoms. The SMILES string of the molecule is CN1CCN(c2ccc3c(c2)CC(c2ccc4c(c2)CC(c2ncccc2C(F)(F)F)=N4)=N3)CC1.CN1CCN(c2ccc3nc(-c4ccc(N)c(N)c4)[nH]c3c2)CC1.O=Cc1ncccc1C(F)(F)F. The van der Waals surface area contributed by atoms with E-state index in [0.717, 1.165) is 128 Å². The van der Waals surface area contributed by atoms with Crippen LogP contribution in [0.25, 0.3) is 22.4 Å². The first-order valence-corrected chi connectivity index (χ1v) is 22.9. The number of carbonyl (C=O) groups is 1. The maximum atomic E-state index is 13.5. The summed E-state index contributed by atoms with van der Waals surface area (Å²) in [5.74, 6) is 0.812. The number of halogens is 6. The Morgan fingerprint density at radius 1 is 0.592 bits per heavy atom. The smallest absolute Gasteiger partial charge is 0.397 e. The number of piperazine rings is 2. The summed E-state index contributed by atoms with van der Waals surface area (Å²) in [4.78, 5) is 44.3. The first kappa shape index (κ1) is 48.4. The van der Waals surface area contributed by atoms with Gasteiger partial charge in [-0.25, -0.2) is 4.98 Å². The summed E-state index contributed by atoms with van der Waals surface area (Å²) < 4.78 is 76.5. The molecule has 366 valence electrons. The van der Waals surface area contributed by atoms with Crippen LogP contribution >= 0.6 is 0 Å². The van der Waals surface area contributed by atoms with Gasteiger partial charge >= 0.3 is 12.4 Å². The fourth-order valence-electron chi connectivity index (χ4n) is 8.87. The van der Waals surface area contributed by atoms with Gasteiger partial charge in [-0.3, -0.25) is 24.7 Å². The number of aldehydes is 1. The predicted molar refractivity (Wildman–Crippen MR) is 266 cm³/mol. The number of anilines is 4. The Labute approximate surface area is 405 Å². The number of nitrogens with zero attached hydrogens (tertiary/aromatic N) is 9. The van der Waals surface area contributed by atoms with Gasteiger partial charge in [-0.1, -0.05) is 6.07 Å². The molecule has 0 amide bonds. The molecule has 2 saturated heterocycles. The zero-order valence-corrected chi connectivity index (χ0v) is 38.9. The molecule has 7 aromatic rings. The largest absolute Gasteiger partial charge is 0.418 e. The fourth-order valence-corrected chi connectivity index (χ4v) is 8.87.